The Labute approximate surface area is 143 Å². The molecule has 23 heavy (non-hydrogen) atoms. The summed E-state index contributed by atoms with van der Waals surface area (Å²) in [6.07, 6.45) is 3.31. The van der Waals surface area contributed by atoms with Gasteiger partial charge in [-0.2, -0.15) is 0 Å². The van der Waals surface area contributed by atoms with Crippen molar-refractivity contribution in [3.8, 4) is 5.75 Å². The van der Waals surface area contributed by atoms with Crippen molar-refractivity contribution in [2.75, 3.05) is 27.2 Å². The second-order valence-electron chi connectivity index (χ2n) is 6.61. The predicted octanol–water partition coefficient (Wildman–Crippen LogP) is 2.12. The number of methoxy groups -OCH3 is 1. The van der Waals surface area contributed by atoms with Gasteiger partial charge in [0.05, 0.1) is 5.56 Å². The van der Waals surface area contributed by atoms with E-state index in [9.17, 15) is 9.90 Å². The highest BCUT2D eigenvalue weighted by atomic mass is 35.5. The van der Waals surface area contributed by atoms with Gasteiger partial charge in [0.1, 0.15) is 11.4 Å². The molecule has 0 spiro atoms. The summed E-state index contributed by atoms with van der Waals surface area (Å²) < 4.78 is 6.06. The molecule has 2 bridgehead atoms. The lowest BCUT2D eigenvalue weighted by atomic mass is 9.62. The summed E-state index contributed by atoms with van der Waals surface area (Å²) in [6, 6.07) is 5.22. The molecule has 128 valence electrons. The monoisotopic (exact) mass is 340 g/mol. The van der Waals surface area contributed by atoms with Crippen LogP contribution in [0.1, 0.15) is 35.2 Å². The van der Waals surface area contributed by atoms with Crippen molar-refractivity contribution in [3.05, 3.63) is 29.3 Å². The fraction of sp³-hybridized carbons (Fsp3) is 0.588. The van der Waals surface area contributed by atoms with E-state index in [-0.39, 0.29) is 23.7 Å². The molecule has 1 aliphatic heterocycles. The van der Waals surface area contributed by atoms with Crippen molar-refractivity contribution in [1.82, 2.24) is 4.90 Å². The third kappa shape index (κ3) is 2.71. The highest BCUT2D eigenvalue weighted by Crippen LogP contribution is 2.53. The minimum atomic E-state index is -0.608. The number of primary amides is 1. The fourth-order valence-corrected chi connectivity index (χ4v) is 4.59. The Kier molecular flexibility index (Phi) is 5.23. The number of amides is 1. The summed E-state index contributed by atoms with van der Waals surface area (Å²) in [4.78, 5) is 13.9. The molecule has 0 radical (unpaired) electrons. The maximum Gasteiger partial charge on any atom is 0.252 e. The van der Waals surface area contributed by atoms with Crippen LogP contribution in [0, 0.1) is 11.8 Å². The number of halogens is 1. The zero-order valence-electron chi connectivity index (χ0n) is 13.6. The van der Waals surface area contributed by atoms with Crippen LogP contribution in [0.5, 0.6) is 5.75 Å². The van der Waals surface area contributed by atoms with Crippen molar-refractivity contribution in [2.45, 2.75) is 24.9 Å². The van der Waals surface area contributed by atoms with E-state index in [0.29, 0.717) is 17.4 Å². The van der Waals surface area contributed by atoms with Crippen LogP contribution in [0.4, 0.5) is 0 Å². The molecule has 3 rings (SSSR count). The largest absolute Gasteiger partial charge is 0.507 e. The van der Waals surface area contributed by atoms with Gasteiger partial charge in [-0.05, 0) is 26.0 Å². The third-order valence-corrected chi connectivity index (χ3v) is 5.44. The van der Waals surface area contributed by atoms with Gasteiger partial charge < -0.3 is 20.5 Å². The molecule has 3 N–H and O–H groups in total. The number of hydrogen-bond acceptors (Lipinski definition) is 4. The molecule has 2 fully saturated rings. The Morgan fingerprint density at radius 2 is 1.96 bits per heavy atom. The molecule has 1 aromatic carbocycles. The zero-order chi connectivity index (χ0) is 15.9. The van der Waals surface area contributed by atoms with Gasteiger partial charge in [-0.25, -0.2) is 0 Å². The lowest BCUT2D eigenvalue weighted by molar-refractivity contribution is -0.166. The quantitative estimate of drug-likeness (QED) is 0.883. The van der Waals surface area contributed by atoms with E-state index in [0.717, 1.165) is 25.9 Å². The van der Waals surface area contributed by atoms with Gasteiger partial charge in [-0.15, -0.1) is 12.4 Å². The second-order valence-corrected chi connectivity index (χ2v) is 6.61. The number of benzene rings is 1. The molecule has 1 heterocycles. The minimum absolute atomic E-state index is 0. The molecule has 6 heteroatoms. The van der Waals surface area contributed by atoms with Crippen molar-refractivity contribution in [1.29, 1.82) is 0 Å². The maximum absolute atomic E-state index is 11.6. The van der Waals surface area contributed by atoms with Gasteiger partial charge in [0.2, 0.25) is 0 Å². The number of phenols is 1. The smallest absolute Gasteiger partial charge is 0.252 e. The summed E-state index contributed by atoms with van der Waals surface area (Å²) in [5.74, 6) is -0.00459. The third-order valence-electron chi connectivity index (χ3n) is 5.44. The summed E-state index contributed by atoms with van der Waals surface area (Å²) in [6.45, 7) is 1.87. The number of fused-ring (bicyclic) bond motifs is 2. The number of hydrogen-bond donors (Lipinski definition) is 2. The van der Waals surface area contributed by atoms with E-state index < -0.39 is 11.5 Å². The highest BCUT2D eigenvalue weighted by molar-refractivity contribution is 5.96. The Hall–Kier alpha value is -1.30. The summed E-state index contributed by atoms with van der Waals surface area (Å²) in [5, 5.41) is 10.6. The highest BCUT2D eigenvalue weighted by Gasteiger charge is 2.53. The van der Waals surface area contributed by atoms with E-state index >= 15 is 0 Å². The Morgan fingerprint density at radius 1 is 1.35 bits per heavy atom. The Balaban J connectivity index is 0.00000192. The molecule has 5 nitrogen and oxygen atoms in total. The second kappa shape index (κ2) is 6.67. The first kappa shape index (κ1) is 18.0. The van der Waals surface area contributed by atoms with Crippen LogP contribution in [-0.4, -0.2) is 43.2 Å². The molecule has 1 aliphatic carbocycles. The predicted molar refractivity (Wildman–Crippen MR) is 90.9 cm³/mol. The summed E-state index contributed by atoms with van der Waals surface area (Å²) in [7, 11) is 3.84. The minimum Gasteiger partial charge on any atom is -0.507 e. The number of nitrogens with zero attached hydrogens (tertiary/aromatic N) is 1. The van der Waals surface area contributed by atoms with Gasteiger partial charge in [-0.1, -0.05) is 18.6 Å². The van der Waals surface area contributed by atoms with Gasteiger partial charge in [-0.3, -0.25) is 4.79 Å². The zero-order valence-corrected chi connectivity index (χ0v) is 14.4. The first-order chi connectivity index (χ1) is 10.5. The van der Waals surface area contributed by atoms with E-state index in [2.05, 4.69) is 11.9 Å². The molecule has 1 aromatic rings. The van der Waals surface area contributed by atoms with Crippen LogP contribution >= 0.6 is 12.4 Å². The standard InChI is InChI=1S/C17H24N2O3.ClH/c1-19-9-11-5-3-6-12(10-19)17(11,22-2)14-8-4-7-13(15(14)20)16(18)21;/h4,7-8,11-12,20H,3,5-6,9-10H2,1-2H3,(H2,18,21);1H. The number of carbonyl (C=O) groups excluding carboxylic acids is 1. The first-order valence-electron chi connectivity index (χ1n) is 7.86. The SMILES string of the molecule is COC1(c2cccc(C(N)=O)c2O)C2CCCC1CN(C)C2.Cl. The molecule has 1 saturated carbocycles. The summed E-state index contributed by atoms with van der Waals surface area (Å²) >= 11 is 0. The molecule has 2 aliphatic rings. The van der Waals surface area contributed by atoms with Gasteiger partial charge in [0.25, 0.3) is 5.91 Å². The van der Waals surface area contributed by atoms with Crippen molar-refractivity contribution < 1.29 is 14.6 Å². The van der Waals surface area contributed by atoms with Crippen LogP contribution in [0.25, 0.3) is 0 Å². The number of nitrogens with two attached hydrogens (primary N) is 1. The van der Waals surface area contributed by atoms with Gasteiger partial charge in [0.15, 0.2) is 0 Å². The first-order valence-corrected chi connectivity index (χ1v) is 7.86. The van der Waals surface area contributed by atoms with Crippen LogP contribution < -0.4 is 5.73 Å². The number of piperidine rings is 1. The van der Waals surface area contributed by atoms with Crippen molar-refractivity contribution in [3.63, 3.8) is 0 Å². The molecule has 0 aromatic heterocycles. The Bertz CT molecular complexity index is 579. The number of ether oxygens (including phenoxy) is 1. The molecular formula is C17H25ClN2O3. The fourth-order valence-electron chi connectivity index (χ4n) is 4.59. The molecule has 2 atom stereocenters. The normalized spacial score (nSPS) is 30.5. The van der Waals surface area contributed by atoms with Crippen molar-refractivity contribution >= 4 is 18.3 Å². The Morgan fingerprint density at radius 3 is 2.48 bits per heavy atom. The molecule has 1 amide bonds. The lowest BCUT2D eigenvalue weighted by Crippen LogP contribution is -2.58. The average molecular weight is 341 g/mol. The summed E-state index contributed by atoms with van der Waals surface area (Å²) in [5.41, 5.74) is 5.75. The van der Waals surface area contributed by atoms with E-state index in [1.807, 2.05) is 6.07 Å². The van der Waals surface area contributed by atoms with Crippen LogP contribution in [0.15, 0.2) is 18.2 Å². The maximum atomic E-state index is 11.6. The van der Waals surface area contributed by atoms with E-state index in [1.54, 1.807) is 19.2 Å². The molecule has 1 saturated heterocycles. The lowest BCUT2D eigenvalue weighted by Gasteiger charge is -2.54. The molecule has 2 unspecified atom stereocenters. The van der Waals surface area contributed by atoms with Gasteiger partial charge in [0, 0.05) is 37.6 Å². The number of para-hydroxylation sites is 1. The number of carbonyl (C=O) groups is 1. The van der Waals surface area contributed by atoms with Crippen LogP contribution in [0.2, 0.25) is 0 Å². The number of aromatic hydroxyl groups is 1. The number of likely N-dealkylation sites (tertiary alicyclic amines) is 1. The molecular weight excluding hydrogens is 316 g/mol. The van der Waals surface area contributed by atoms with E-state index in [4.69, 9.17) is 10.5 Å². The van der Waals surface area contributed by atoms with E-state index in [1.165, 1.54) is 6.42 Å². The topological polar surface area (TPSA) is 75.8 Å². The average Bonchev–Trinajstić information content (AvgIpc) is 2.46. The van der Waals surface area contributed by atoms with Crippen molar-refractivity contribution in [2.24, 2.45) is 17.6 Å². The van der Waals surface area contributed by atoms with Crippen LogP contribution in [0.3, 0.4) is 0 Å². The number of rotatable bonds is 3. The van der Waals surface area contributed by atoms with Crippen LogP contribution in [-0.2, 0) is 10.3 Å². The van der Waals surface area contributed by atoms with Gasteiger partial charge >= 0.3 is 0 Å².